The van der Waals surface area contributed by atoms with Crippen molar-refractivity contribution in [2.75, 3.05) is 27.2 Å². The Morgan fingerprint density at radius 1 is 1.16 bits per heavy atom. The molecular weight excluding hydrogens is 400 g/mol. The largest absolute Gasteiger partial charge is 0.394 e. The maximum atomic E-state index is 13.5. The highest BCUT2D eigenvalue weighted by atomic mass is 16.6. The minimum atomic E-state index is -0.243. The van der Waals surface area contributed by atoms with Gasteiger partial charge in [-0.1, -0.05) is 38.4 Å². The average Bonchev–Trinajstić information content (AvgIpc) is 2.74. The van der Waals surface area contributed by atoms with Gasteiger partial charge in [0.25, 0.3) is 0 Å². The van der Waals surface area contributed by atoms with E-state index in [0.29, 0.717) is 24.2 Å². The molecule has 0 aromatic carbocycles. The molecule has 0 aromatic heterocycles. The molecule has 0 bridgehead atoms. The molecule has 7 atom stereocenters. The summed E-state index contributed by atoms with van der Waals surface area (Å²) in [5.74, 6) is 2.04. The normalized spacial score (nSPS) is 40.1. The summed E-state index contributed by atoms with van der Waals surface area (Å²) >= 11 is 0. The summed E-state index contributed by atoms with van der Waals surface area (Å²) in [4.78, 5) is 20.8. The third-order valence-electron chi connectivity index (χ3n) is 9.09. The Labute approximate surface area is 195 Å². The highest BCUT2D eigenvalue weighted by molar-refractivity contribution is 5.88. The highest BCUT2D eigenvalue weighted by Crippen LogP contribution is 2.62. The van der Waals surface area contributed by atoms with Crippen molar-refractivity contribution in [2.45, 2.75) is 84.7 Å². The van der Waals surface area contributed by atoms with Crippen molar-refractivity contribution in [3.63, 3.8) is 0 Å². The van der Waals surface area contributed by atoms with Crippen LogP contribution in [0, 0.1) is 34.5 Å². The second-order valence-corrected chi connectivity index (χ2v) is 11.4. The molecule has 0 radical (unpaired) electrons. The van der Waals surface area contributed by atoms with Crippen LogP contribution in [0.4, 0.5) is 0 Å². The summed E-state index contributed by atoms with van der Waals surface area (Å²) in [6, 6.07) is 0. The molecule has 1 N–H and O–H groups in total. The first-order chi connectivity index (χ1) is 15.2. The summed E-state index contributed by atoms with van der Waals surface area (Å²) in [5.41, 5.74) is 0.0661. The Bertz CT molecular complexity index is 690. The van der Waals surface area contributed by atoms with Crippen LogP contribution in [0.2, 0.25) is 0 Å². The van der Waals surface area contributed by atoms with E-state index >= 15 is 0 Å². The molecule has 1 unspecified atom stereocenters. The van der Waals surface area contributed by atoms with Crippen LogP contribution < -0.4 is 0 Å². The number of aliphatic hydroxyl groups excluding tert-OH is 1. The highest BCUT2D eigenvalue weighted by Gasteiger charge is 2.58. The van der Waals surface area contributed by atoms with Gasteiger partial charge in [0, 0.05) is 17.9 Å². The second kappa shape index (κ2) is 10.8. The molecule has 3 rings (SSSR count). The van der Waals surface area contributed by atoms with E-state index in [-0.39, 0.29) is 28.8 Å². The fourth-order valence-corrected chi connectivity index (χ4v) is 7.30. The molecule has 3 saturated carbocycles. The lowest BCUT2D eigenvalue weighted by molar-refractivity contribution is -0.160. The first-order valence-electron chi connectivity index (χ1n) is 12.9. The Hall–Kier alpha value is -1.20. The Morgan fingerprint density at radius 2 is 1.94 bits per heavy atom. The molecule has 0 saturated heterocycles. The van der Waals surface area contributed by atoms with Crippen LogP contribution in [0.15, 0.2) is 17.3 Å². The van der Waals surface area contributed by atoms with E-state index in [1.54, 1.807) is 6.21 Å². The van der Waals surface area contributed by atoms with Crippen LogP contribution in [0.1, 0.15) is 78.6 Å². The smallest absolute Gasteiger partial charge is 0.142 e. The molecule has 3 fully saturated rings. The lowest BCUT2D eigenvalue weighted by Gasteiger charge is -2.60. The first kappa shape index (κ1) is 25.4. The van der Waals surface area contributed by atoms with Gasteiger partial charge in [-0.05, 0) is 94.7 Å². The van der Waals surface area contributed by atoms with E-state index in [9.17, 15) is 9.90 Å². The first-order valence-corrected chi connectivity index (χ1v) is 12.9. The Morgan fingerprint density at radius 3 is 2.66 bits per heavy atom. The number of hydrogen-bond acceptors (Lipinski definition) is 5. The van der Waals surface area contributed by atoms with Crippen molar-refractivity contribution in [3.8, 4) is 0 Å². The van der Waals surface area contributed by atoms with Gasteiger partial charge in [-0.25, -0.2) is 0 Å². The van der Waals surface area contributed by atoms with Crippen molar-refractivity contribution in [2.24, 2.45) is 39.7 Å². The van der Waals surface area contributed by atoms with Crippen molar-refractivity contribution in [3.05, 3.63) is 12.2 Å². The van der Waals surface area contributed by atoms with E-state index in [2.05, 4.69) is 36.9 Å². The number of rotatable bonds is 9. The SMILES string of the molecule is CCC[C@@]1(C)CC[C@H]2[C@@H](CC[C@@H]3C(C/C=C/C=N/OCCN(C)C)[C@@H](O)CC[C@@]32C)C1=O. The molecule has 32 heavy (non-hydrogen) atoms. The van der Waals surface area contributed by atoms with Gasteiger partial charge in [-0.3, -0.25) is 4.79 Å². The van der Waals surface area contributed by atoms with E-state index in [1.165, 1.54) is 6.42 Å². The van der Waals surface area contributed by atoms with Crippen molar-refractivity contribution >= 4 is 12.0 Å². The number of likely N-dealkylation sites (N-methyl/N-ethyl adjacent to an activating group) is 1. The number of carbonyl (C=O) groups excluding carboxylic acids is 1. The van der Waals surface area contributed by atoms with Crippen molar-refractivity contribution in [1.82, 2.24) is 4.90 Å². The number of aliphatic hydroxyl groups is 1. The standard InChI is InChI=1S/C27H46N2O3/c1-6-14-26(2)15-12-23-21(25(26)31)10-11-22-20(24(30)13-16-27(22,23)3)9-7-8-17-28-32-19-18-29(4)5/h7-8,17,20-24,30H,6,9-16,18-19H2,1-5H3/b8-7+,28-17+/t20?,21-,22-,23+,24+,26+,27+/m1/s1. The third-order valence-corrected chi connectivity index (χ3v) is 9.09. The predicted molar refractivity (Wildman–Crippen MR) is 131 cm³/mol. The Balaban J connectivity index is 1.63. The number of oxime groups is 1. The van der Waals surface area contributed by atoms with Gasteiger partial charge >= 0.3 is 0 Å². The third kappa shape index (κ3) is 5.30. The van der Waals surface area contributed by atoms with Crippen LogP contribution in [-0.4, -0.2) is 55.4 Å². The fourth-order valence-electron chi connectivity index (χ4n) is 7.30. The van der Waals surface area contributed by atoms with Gasteiger partial charge in [0.05, 0.1) is 12.3 Å². The van der Waals surface area contributed by atoms with Crippen LogP contribution in [0.3, 0.4) is 0 Å². The zero-order valence-corrected chi connectivity index (χ0v) is 21.1. The number of fused-ring (bicyclic) bond motifs is 3. The van der Waals surface area contributed by atoms with Gasteiger partial charge in [0.1, 0.15) is 12.4 Å². The molecule has 0 heterocycles. The minimum Gasteiger partial charge on any atom is -0.394 e. The summed E-state index contributed by atoms with van der Waals surface area (Å²) in [6.45, 7) is 8.28. The van der Waals surface area contributed by atoms with Crippen LogP contribution in [0.5, 0.6) is 0 Å². The van der Waals surface area contributed by atoms with Crippen LogP contribution in [-0.2, 0) is 9.63 Å². The van der Waals surface area contributed by atoms with Gasteiger partial charge in [-0.15, -0.1) is 0 Å². The molecule has 0 aliphatic heterocycles. The van der Waals surface area contributed by atoms with E-state index < -0.39 is 0 Å². The molecule has 0 amide bonds. The van der Waals surface area contributed by atoms with Crippen LogP contribution in [0.25, 0.3) is 0 Å². The maximum absolute atomic E-state index is 13.5. The molecule has 3 aliphatic rings. The molecule has 5 nitrogen and oxygen atoms in total. The van der Waals surface area contributed by atoms with Crippen molar-refractivity contribution in [1.29, 1.82) is 0 Å². The summed E-state index contributed by atoms with van der Waals surface area (Å²) < 4.78 is 0. The van der Waals surface area contributed by atoms with Crippen LogP contribution >= 0.6 is 0 Å². The van der Waals surface area contributed by atoms with Crippen molar-refractivity contribution < 1.29 is 14.7 Å². The van der Waals surface area contributed by atoms with Gasteiger partial charge in [0.2, 0.25) is 0 Å². The number of carbonyl (C=O) groups is 1. The second-order valence-electron chi connectivity index (χ2n) is 11.4. The summed E-state index contributed by atoms with van der Waals surface area (Å²) in [7, 11) is 4.02. The average molecular weight is 447 g/mol. The quantitative estimate of drug-likeness (QED) is 0.305. The molecule has 0 aromatic rings. The van der Waals surface area contributed by atoms with Gasteiger partial charge in [0.15, 0.2) is 0 Å². The zero-order valence-electron chi connectivity index (χ0n) is 21.1. The molecule has 0 spiro atoms. The molecule has 182 valence electrons. The molecule has 3 aliphatic carbocycles. The van der Waals surface area contributed by atoms with E-state index in [4.69, 9.17) is 4.84 Å². The molecule has 5 heteroatoms. The fraction of sp³-hybridized carbons (Fsp3) is 0.852. The number of ketones is 1. The lowest BCUT2D eigenvalue weighted by atomic mass is 9.44. The predicted octanol–water partition coefficient (Wildman–Crippen LogP) is 5.09. The van der Waals surface area contributed by atoms with Gasteiger partial charge in [-0.2, -0.15) is 0 Å². The maximum Gasteiger partial charge on any atom is 0.142 e. The molecular formula is C27H46N2O3. The number of nitrogens with zero attached hydrogens (tertiary/aromatic N) is 2. The van der Waals surface area contributed by atoms with E-state index in [0.717, 1.165) is 57.9 Å². The monoisotopic (exact) mass is 446 g/mol. The summed E-state index contributed by atoms with van der Waals surface area (Å²) in [5, 5.41) is 14.9. The topological polar surface area (TPSA) is 62.1 Å². The van der Waals surface area contributed by atoms with E-state index in [1.807, 2.05) is 20.2 Å². The number of hydrogen-bond donors (Lipinski definition) is 1. The Kier molecular flexibility index (Phi) is 8.59. The minimum absolute atomic E-state index is 0.108. The zero-order chi connectivity index (χ0) is 23.4. The number of Topliss-reactive ketones (excluding diaryl/α,β-unsaturated/α-hetero) is 1. The lowest BCUT2D eigenvalue weighted by Crippen LogP contribution is -2.57. The number of allylic oxidation sites excluding steroid dienone is 2. The summed E-state index contributed by atoms with van der Waals surface area (Å²) in [6.07, 6.45) is 14.7. The van der Waals surface area contributed by atoms with Gasteiger partial charge < -0.3 is 14.8 Å².